The van der Waals surface area contributed by atoms with Gasteiger partial charge in [-0.15, -0.1) is 0 Å². The number of hydrogen-bond acceptors (Lipinski definition) is 2. The highest BCUT2D eigenvalue weighted by Gasteiger charge is 2.17. The monoisotopic (exact) mass is 293 g/mol. The average molecular weight is 293 g/mol. The third-order valence-corrected chi connectivity index (χ3v) is 3.48. The van der Waals surface area contributed by atoms with Gasteiger partial charge in [0.25, 0.3) is 0 Å². The van der Waals surface area contributed by atoms with Crippen molar-refractivity contribution in [1.82, 2.24) is 15.1 Å². The minimum atomic E-state index is -0.794. The second-order valence-corrected chi connectivity index (χ2v) is 5.21. The minimum Gasteiger partial charge on any atom is -0.310 e. The van der Waals surface area contributed by atoms with Crippen molar-refractivity contribution < 1.29 is 8.78 Å². The van der Waals surface area contributed by atoms with Crippen LogP contribution in [0.5, 0.6) is 0 Å². The van der Waals surface area contributed by atoms with Gasteiger partial charge >= 0.3 is 0 Å². The molecule has 0 radical (unpaired) electrons. The van der Waals surface area contributed by atoms with E-state index in [1.165, 1.54) is 0 Å². The normalized spacial score (nSPS) is 12.6. The Kier molecular flexibility index (Phi) is 5.44. The van der Waals surface area contributed by atoms with Crippen LogP contribution < -0.4 is 5.32 Å². The Balaban J connectivity index is 2.11. The van der Waals surface area contributed by atoms with Crippen LogP contribution in [0.4, 0.5) is 8.78 Å². The van der Waals surface area contributed by atoms with Crippen LogP contribution in [-0.4, -0.2) is 16.3 Å². The van der Waals surface area contributed by atoms with E-state index in [1.807, 2.05) is 20.2 Å². The van der Waals surface area contributed by atoms with Gasteiger partial charge in [-0.25, -0.2) is 8.78 Å². The molecular formula is C16H21F2N3. The first-order chi connectivity index (χ1) is 10.1. The molecule has 0 amide bonds. The molecule has 114 valence electrons. The molecule has 1 heterocycles. The van der Waals surface area contributed by atoms with E-state index in [2.05, 4.69) is 10.4 Å². The Morgan fingerprint density at radius 2 is 2.14 bits per heavy atom. The van der Waals surface area contributed by atoms with Crippen molar-refractivity contribution in [2.75, 3.05) is 6.54 Å². The molecule has 2 rings (SSSR count). The predicted octanol–water partition coefficient (Wildman–Crippen LogP) is 3.37. The van der Waals surface area contributed by atoms with Crippen molar-refractivity contribution in [2.24, 2.45) is 7.05 Å². The Hall–Kier alpha value is -1.75. The first-order valence-electron chi connectivity index (χ1n) is 7.26. The smallest absolute Gasteiger partial charge is 0.163 e. The Bertz CT molecular complexity index is 581. The summed E-state index contributed by atoms with van der Waals surface area (Å²) < 4.78 is 29.1. The minimum absolute atomic E-state index is 0.194. The van der Waals surface area contributed by atoms with Crippen molar-refractivity contribution in [1.29, 1.82) is 0 Å². The quantitative estimate of drug-likeness (QED) is 0.848. The summed E-state index contributed by atoms with van der Waals surface area (Å²) in [6.07, 6.45) is 6.16. The summed E-state index contributed by atoms with van der Waals surface area (Å²) in [6, 6.07) is 4.16. The summed E-state index contributed by atoms with van der Waals surface area (Å²) in [7, 11) is 1.86. The predicted molar refractivity (Wildman–Crippen MR) is 78.9 cm³/mol. The molecule has 5 heteroatoms. The van der Waals surface area contributed by atoms with Gasteiger partial charge in [0, 0.05) is 24.8 Å². The molecule has 1 N–H and O–H groups in total. The number of aryl methyl sites for hydroxylation is 2. The van der Waals surface area contributed by atoms with Crippen LogP contribution in [0.25, 0.3) is 0 Å². The lowest BCUT2D eigenvalue weighted by Crippen LogP contribution is -2.24. The zero-order valence-corrected chi connectivity index (χ0v) is 12.4. The van der Waals surface area contributed by atoms with Gasteiger partial charge in [-0.3, -0.25) is 4.68 Å². The van der Waals surface area contributed by atoms with Crippen LogP contribution >= 0.6 is 0 Å². The molecule has 21 heavy (non-hydrogen) atoms. The van der Waals surface area contributed by atoms with Gasteiger partial charge in [0.2, 0.25) is 0 Å². The molecule has 1 aromatic carbocycles. The van der Waals surface area contributed by atoms with E-state index in [1.54, 1.807) is 23.0 Å². The van der Waals surface area contributed by atoms with Gasteiger partial charge in [-0.2, -0.15) is 5.10 Å². The largest absolute Gasteiger partial charge is 0.310 e. The first-order valence-corrected chi connectivity index (χ1v) is 7.26. The molecule has 0 spiro atoms. The zero-order valence-electron chi connectivity index (χ0n) is 12.4. The maximum atomic E-state index is 14.0. The van der Waals surface area contributed by atoms with E-state index in [9.17, 15) is 8.78 Å². The summed E-state index contributed by atoms with van der Waals surface area (Å²) in [5, 5.41) is 7.42. The van der Waals surface area contributed by atoms with Crippen LogP contribution in [0.1, 0.15) is 36.9 Å². The third-order valence-electron chi connectivity index (χ3n) is 3.48. The molecule has 2 aromatic rings. The fraction of sp³-hybridized carbons (Fsp3) is 0.438. The molecule has 1 unspecified atom stereocenters. The lowest BCUT2D eigenvalue weighted by atomic mass is 9.99. The van der Waals surface area contributed by atoms with E-state index < -0.39 is 11.6 Å². The molecule has 0 aliphatic carbocycles. The van der Waals surface area contributed by atoms with Crippen LogP contribution in [0.3, 0.4) is 0 Å². The number of rotatable bonds is 7. The molecule has 1 aromatic heterocycles. The van der Waals surface area contributed by atoms with Crippen molar-refractivity contribution in [3.63, 3.8) is 0 Å². The number of aromatic nitrogens is 2. The fourth-order valence-electron chi connectivity index (χ4n) is 2.39. The summed E-state index contributed by atoms with van der Waals surface area (Å²) in [5.41, 5.74) is 1.49. The van der Waals surface area contributed by atoms with E-state index in [0.717, 1.165) is 31.0 Å². The molecule has 1 atom stereocenters. The van der Waals surface area contributed by atoms with Crippen molar-refractivity contribution in [3.05, 3.63) is 53.4 Å². The fourth-order valence-corrected chi connectivity index (χ4v) is 2.39. The third kappa shape index (κ3) is 4.11. The van der Waals surface area contributed by atoms with Gasteiger partial charge in [0.1, 0.15) is 0 Å². The Morgan fingerprint density at radius 3 is 2.81 bits per heavy atom. The molecular weight excluding hydrogens is 272 g/mol. The molecule has 0 saturated carbocycles. The SMILES string of the molecule is CCCNC(CCc1cnn(C)c1)c1cccc(F)c1F. The topological polar surface area (TPSA) is 29.9 Å². The lowest BCUT2D eigenvalue weighted by Gasteiger charge is -2.19. The van der Waals surface area contributed by atoms with Gasteiger partial charge in [0.15, 0.2) is 11.6 Å². The van der Waals surface area contributed by atoms with Crippen LogP contribution in [0.15, 0.2) is 30.6 Å². The van der Waals surface area contributed by atoms with E-state index in [-0.39, 0.29) is 6.04 Å². The van der Waals surface area contributed by atoms with Crippen LogP contribution in [-0.2, 0) is 13.5 Å². The molecule has 0 saturated heterocycles. The highest BCUT2D eigenvalue weighted by Crippen LogP contribution is 2.23. The van der Waals surface area contributed by atoms with Crippen molar-refractivity contribution >= 4 is 0 Å². The van der Waals surface area contributed by atoms with Gasteiger partial charge in [-0.05, 0) is 37.4 Å². The summed E-state index contributed by atoms with van der Waals surface area (Å²) in [4.78, 5) is 0. The second-order valence-electron chi connectivity index (χ2n) is 5.21. The summed E-state index contributed by atoms with van der Waals surface area (Å²) in [5.74, 6) is -1.55. The lowest BCUT2D eigenvalue weighted by molar-refractivity contribution is 0.446. The van der Waals surface area contributed by atoms with Gasteiger partial charge in [-0.1, -0.05) is 19.1 Å². The second kappa shape index (κ2) is 7.31. The average Bonchev–Trinajstić information content (AvgIpc) is 2.88. The Morgan fingerprint density at radius 1 is 1.33 bits per heavy atom. The zero-order chi connectivity index (χ0) is 15.2. The Labute approximate surface area is 124 Å². The van der Waals surface area contributed by atoms with Crippen LogP contribution in [0, 0.1) is 11.6 Å². The molecule has 0 bridgehead atoms. The van der Waals surface area contributed by atoms with Gasteiger partial charge in [0.05, 0.1) is 6.20 Å². The number of nitrogens with one attached hydrogen (secondary N) is 1. The van der Waals surface area contributed by atoms with Crippen LogP contribution in [0.2, 0.25) is 0 Å². The van der Waals surface area contributed by atoms with E-state index in [4.69, 9.17) is 0 Å². The highest BCUT2D eigenvalue weighted by molar-refractivity contribution is 5.23. The number of benzene rings is 1. The van der Waals surface area contributed by atoms with E-state index >= 15 is 0 Å². The molecule has 0 aliphatic rings. The standard InChI is InChI=1S/C16H21F2N3/c1-3-9-19-15(8-7-12-10-20-21(2)11-12)13-5-4-6-14(17)16(13)18/h4-6,10-11,15,19H,3,7-9H2,1-2H3. The van der Waals surface area contributed by atoms with Crippen molar-refractivity contribution in [2.45, 2.75) is 32.2 Å². The number of nitrogens with zero attached hydrogens (tertiary/aromatic N) is 2. The molecule has 0 aliphatic heterocycles. The number of halogens is 2. The first kappa shape index (κ1) is 15.6. The highest BCUT2D eigenvalue weighted by atomic mass is 19.2. The molecule has 3 nitrogen and oxygen atoms in total. The maximum absolute atomic E-state index is 14.0. The summed E-state index contributed by atoms with van der Waals surface area (Å²) >= 11 is 0. The summed E-state index contributed by atoms with van der Waals surface area (Å²) in [6.45, 7) is 2.82. The van der Waals surface area contributed by atoms with E-state index in [0.29, 0.717) is 12.0 Å². The van der Waals surface area contributed by atoms with Gasteiger partial charge < -0.3 is 5.32 Å². The van der Waals surface area contributed by atoms with Crippen molar-refractivity contribution in [3.8, 4) is 0 Å². The molecule has 0 fully saturated rings. The maximum Gasteiger partial charge on any atom is 0.163 e. The number of hydrogen-bond donors (Lipinski definition) is 1.